The summed E-state index contributed by atoms with van der Waals surface area (Å²) in [5, 5.41) is 3.32. The van der Waals surface area contributed by atoms with E-state index in [0.717, 1.165) is 62.6 Å². The largest absolute Gasteiger partial charge is 0.490 e. The number of hydrogen-bond donors (Lipinski definition) is 1. The van der Waals surface area contributed by atoms with Crippen LogP contribution in [-0.2, 0) is 0 Å². The predicted octanol–water partition coefficient (Wildman–Crippen LogP) is 1.59. The van der Waals surface area contributed by atoms with Gasteiger partial charge in [-0.25, -0.2) is 9.97 Å². The van der Waals surface area contributed by atoms with Gasteiger partial charge in [0.05, 0.1) is 7.11 Å². The molecule has 1 aromatic rings. The molecule has 1 saturated carbocycles. The lowest BCUT2D eigenvalue weighted by molar-refractivity contribution is 0.247. The summed E-state index contributed by atoms with van der Waals surface area (Å²) in [5.74, 6) is 2.49. The average molecular weight is 291 g/mol. The molecule has 116 valence electrons. The number of methoxy groups -OCH3 is 1. The summed E-state index contributed by atoms with van der Waals surface area (Å²) in [5.41, 5.74) is 0. The van der Waals surface area contributed by atoms with Gasteiger partial charge in [0.15, 0.2) is 11.6 Å². The highest BCUT2D eigenvalue weighted by atomic mass is 16.5. The molecule has 0 aromatic carbocycles. The van der Waals surface area contributed by atoms with E-state index >= 15 is 0 Å². The first-order valence-corrected chi connectivity index (χ1v) is 7.95. The first kappa shape index (κ1) is 14.4. The summed E-state index contributed by atoms with van der Waals surface area (Å²) in [6, 6.07) is 0.848. The highest BCUT2D eigenvalue weighted by molar-refractivity contribution is 5.64. The van der Waals surface area contributed by atoms with Crippen molar-refractivity contribution in [1.82, 2.24) is 14.9 Å². The van der Waals surface area contributed by atoms with Crippen LogP contribution >= 0.6 is 0 Å². The molecule has 6 nitrogen and oxygen atoms in total. The van der Waals surface area contributed by atoms with Crippen LogP contribution in [0.15, 0.2) is 6.33 Å². The Balaban J connectivity index is 1.71. The Bertz CT molecular complexity index is 469. The van der Waals surface area contributed by atoms with Crippen LogP contribution < -0.4 is 15.0 Å². The van der Waals surface area contributed by atoms with Crippen LogP contribution in [0.25, 0.3) is 0 Å². The molecule has 6 heteroatoms. The summed E-state index contributed by atoms with van der Waals surface area (Å²) < 4.78 is 5.57. The summed E-state index contributed by atoms with van der Waals surface area (Å²) in [4.78, 5) is 13.7. The van der Waals surface area contributed by atoms with Crippen molar-refractivity contribution in [2.45, 2.75) is 32.2 Å². The second-order valence-electron chi connectivity index (χ2n) is 5.76. The van der Waals surface area contributed by atoms with Crippen molar-refractivity contribution in [3.63, 3.8) is 0 Å². The molecule has 2 fully saturated rings. The van der Waals surface area contributed by atoms with Crippen LogP contribution in [-0.4, -0.2) is 60.7 Å². The van der Waals surface area contributed by atoms with Gasteiger partial charge in [-0.05, 0) is 19.3 Å². The third kappa shape index (κ3) is 3.20. The standard InChI is InChI=1S/C15H25N5O/c1-3-6-16-14-13(21-2)15(18-11-17-14)20-9-7-19(8-10-20)12-4-5-12/h11-12H,3-10H2,1-2H3,(H,16,17,18). The number of nitrogens with one attached hydrogen (secondary N) is 1. The molecule has 21 heavy (non-hydrogen) atoms. The molecule has 0 spiro atoms. The van der Waals surface area contributed by atoms with Crippen LogP contribution in [0.2, 0.25) is 0 Å². The number of hydrogen-bond acceptors (Lipinski definition) is 6. The monoisotopic (exact) mass is 291 g/mol. The number of ether oxygens (including phenoxy) is 1. The van der Waals surface area contributed by atoms with E-state index in [0.29, 0.717) is 0 Å². The molecule has 0 bridgehead atoms. The van der Waals surface area contributed by atoms with Gasteiger partial charge in [-0.1, -0.05) is 6.92 Å². The van der Waals surface area contributed by atoms with Gasteiger partial charge in [0.1, 0.15) is 6.33 Å². The van der Waals surface area contributed by atoms with Gasteiger partial charge in [0.25, 0.3) is 0 Å². The van der Waals surface area contributed by atoms with E-state index in [1.807, 2.05) is 0 Å². The van der Waals surface area contributed by atoms with E-state index in [-0.39, 0.29) is 0 Å². The molecule has 1 aromatic heterocycles. The normalized spacial score (nSPS) is 19.6. The third-order valence-corrected chi connectivity index (χ3v) is 4.21. The molecule has 2 heterocycles. The molecule has 3 rings (SSSR count). The molecule has 1 N–H and O–H groups in total. The topological polar surface area (TPSA) is 53.5 Å². The van der Waals surface area contributed by atoms with Crippen LogP contribution in [0, 0.1) is 0 Å². The lowest BCUT2D eigenvalue weighted by Crippen LogP contribution is -2.47. The van der Waals surface area contributed by atoms with Crippen molar-refractivity contribution in [1.29, 1.82) is 0 Å². The van der Waals surface area contributed by atoms with Gasteiger partial charge in [0.2, 0.25) is 5.75 Å². The Labute approximate surface area is 126 Å². The van der Waals surface area contributed by atoms with Crippen molar-refractivity contribution in [2.75, 3.05) is 50.1 Å². The average Bonchev–Trinajstić information content (AvgIpc) is 3.37. The summed E-state index contributed by atoms with van der Waals surface area (Å²) >= 11 is 0. The number of aromatic nitrogens is 2. The van der Waals surface area contributed by atoms with E-state index in [1.165, 1.54) is 12.8 Å². The molecular weight excluding hydrogens is 266 g/mol. The van der Waals surface area contributed by atoms with Gasteiger partial charge in [0, 0.05) is 38.8 Å². The first-order chi connectivity index (χ1) is 10.3. The van der Waals surface area contributed by atoms with Crippen molar-refractivity contribution in [3.05, 3.63) is 6.33 Å². The number of piperazine rings is 1. The Morgan fingerprint density at radius 2 is 2.00 bits per heavy atom. The molecule has 1 aliphatic heterocycles. The Kier molecular flexibility index (Phi) is 4.43. The maximum Gasteiger partial charge on any atom is 0.204 e. The van der Waals surface area contributed by atoms with Crippen molar-refractivity contribution < 1.29 is 4.74 Å². The highest BCUT2D eigenvalue weighted by Gasteiger charge is 2.32. The fourth-order valence-electron chi connectivity index (χ4n) is 2.89. The predicted molar refractivity (Wildman–Crippen MR) is 84.2 cm³/mol. The van der Waals surface area contributed by atoms with Crippen molar-refractivity contribution in [3.8, 4) is 5.75 Å². The lowest BCUT2D eigenvalue weighted by Gasteiger charge is -2.36. The van der Waals surface area contributed by atoms with Gasteiger partial charge in [-0.15, -0.1) is 0 Å². The van der Waals surface area contributed by atoms with Gasteiger partial charge >= 0.3 is 0 Å². The van der Waals surface area contributed by atoms with Crippen molar-refractivity contribution >= 4 is 11.6 Å². The number of rotatable bonds is 6. The molecular formula is C15H25N5O. The zero-order chi connectivity index (χ0) is 14.7. The van der Waals surface area contributed by atoms with Gasteiger partial charge in [-0.3, -0.25) is 4.90 Å². The van der Waals surface area contributed by atoms with Gasteiger partial charge < -0.3 is 15.0 Å². The molecule has 1 aliphatic carbocycles. The minimum Gasteiger partial charge on any atom is -0.490 e. The first-order valence-electron chi connectivity index (χ1n) is 7.95. The third-order valence-electron chi connectivity index (χ3n) is 4.21. The number of nitrogens with zero attached hydrogens (tertiary/aromatic N) is 4. The van der Waals surface area contributed by atoms with Crippen LogP contribution in [0.3, 0.4) is 0 Å². The summed E-state index contributed by atoms with van der Waals surface area (Å²) in [6.07, 6.45) is 5.44. The lowest BCUT2D eigenvalue weighted by atomic mass is 10.3. The number of anilines is 2. The second kappa shape index (κ2) is 6.47. The van der Waals surface area contributed by atoms with Crippen LogP contribution in [0.1, 0.15) is 26.2 Å². The summed E-state index contributed by atoms with van der Waals surface area (Å²) in [6.45, 7) is 7.29. The minimum absolute atomic E-state index is 0.769. The van der Waals surface area contributed by atoms with E-state index in [4.69, 9.17) is 4.74 Å². The Morgan fingerprint density at radius 1 is 1.24 bits per heavy atom. The smallest absolute Gasteiger partial charge is 0.204 e. The summed E-state index contributed by atoms with van der Waals surface area (Å²) in [7, 11) is 1.69. The maximum atomic E-state index is 5.57. The van der Waals surface area contributed by atoms with Crippen LogP contribution in [0.5, 0.6) is 5.75 Å². The zero-order valence-electron chi connectivity index (χ0n) is 13.0. The molecule has 0 unspecified atom stereocenters. The molecule has 0 amide bonds. The molecule has 0 radical (unpaired) electrons. The molecule has 2 aliphatic rings. The Hall–Kier alpha value is -1.56. The minimum atomic E-state index is 0.769. The van der Waals surface area contributed by atoms with E-state index in [2.05, 4.69) is 32.0 Å². The zero-order valence-corrected chi connectivity index (χ0v) is 13.0. The highest BCUT2D eigenvalue weighted by Crippen LogP contribution is 2.34. The molecule has 0 atom stereocenters. The fourth-order valence-corrected chi connectivity index (χ4v) is 2.89. The van der Waals surface area contributed by atoms with Crippen LogP contribution in [0.4, 0.5) is 11.6 Å². The fraction of sp³-hybridized carbons (Fsp3) is 0.733. The van der Waals surface area contributed by atoms with E-state index < -0.39 is 0 Å². The van der Waals surface area contributed by atoms with Crippen molar-refractivity contribution in [2.24, 2.45) is 0 Å². The van der Waals surface area contributed by atoms with E-state index in [1.54, 1.807) is 13.4 Å². The second-order valence-corrected chi connectivity index (χ2v) is 5.76. The molecule has 1 saturated heterocycles. The maximum absolute atomic E-state index is 5.57. The van der Waals surface area contributed by atoms with E-state index in [9.17, 15) is 0 Å². The Morgan fingerprint density at radius 3 is 2.62 bits per heavy atom. The SMILES string of the molecule is CCCNc1ncnc(N2CCN(C3CC3)CC2)c1OC. The van der Waals surface area contributed by atoms with Gasteiger partial charge in [-0.2, -0.15) is 0 Å². The quantitative estimate of drug-likeness (QED) is 0.859.